The van der Waals surface area contributed by atoms with Crippen molar-refractivity contribution in [2.24, 2.45) is 0 Å². The minimum atomic E-state index is -3.15. The van der Waals surface area contributed by atoms with Crippen LogP contribution >= 0.6 is 0 Å². The Morgan fingerprint density at radius 2 is 1.81 bits per heavy atom. The molecule has 1 aliphatic rings. The summed E-state index contributed by atoms with van der Waals surface area (Å²) in [5.74, 6) is 1.01. The van der Waals surface area contributed by atoms with E-state index in [9.17, 15) is 13.2 Å². The van der Waals surface area contributed by atoms with Gasteiger partial charge in [0.1, 0.15) is 11.5 Å². The van der Waals surface area contributed by atoms with Gasteiger partial charge in [0.15, 0.2) is 15.5 Å². The highest BCUT2D eigenvalue weighted by molar-refractivity contribution is 7.91. The van der Waals surface area contributed by atoms with Crippen LogP contribution in [0.2, 0.25) is 0 Å². The number of aromatic nitrogens is 3. The van der Waals surface area contributed by atoms with Gasteiger partial charge in [-0.05, 0) is 68.3 Å². The number of anilines is 1. The van der Waals surface area contributed by atoms with Gasteiger partial charge in [-0.25, -0.2) is 18.1 Å². The summed E-state index contributed by atoms with van der Waals surface area (Å²) < 4.78 is 36.8. The van der Waals surface area contributed by atoms with E-state index in [0.29, 0.717) is 51.6 Å². The van der Waals surface area contributed by atoms with E-state index >= 15 is 0 Å². The number of hydrogen-bond acceptors (Lipinski definition) is 7. The second-order valence-electron chi connectivity index (χ2n) is 9.23. The number of rotatable bonds is 6. The summed E-state index contributed by atoms with van der Waals surface area (Å²) in [6.07, 6.45) is 0.453. The number of carbonyl (C=O) groups is 1. The van der Waals surface area contributed by atoms with Crippen molar-refractivity contribution in [1.82, 2.24) is 14.8 Å². The highest BCUT2D eigenvalue weighted by Gasteiger charge is 2.32. The molecule has 9 nitrogen and oxygen atoms in total. The number of methoxy groups -OCH3 is 2. The summed E-state index contributed by atoms with van der Waals surface area (Å²) in [5.41, 5.74) is 4.36. The Kier molecular flexibility index (Phi) is 6.36. The third kappa shape index (κ3) is 4.76. The van der Waals surface area contributed by atoms with Crippen LogP contribution in [0.1, 0.15) is 34.1 Å². The van der Waals surface area contributed by atoms with E-state index in [-0.39, 0.29) is 23.5 Å². The summed E-state index contributed by atoms with van der Waals surface area (Å²) in [6.45, 7) is 3.74. The summed E-state index contributed by atoms with van der Waals surface area (Å²) >= 11 is 0. The average Bonchev–Trinajstić information content (AvgIpc) is 3.42. The number of nitrogens with one attached hydrogen (secondary N) is 1. The standard InChI is InChI=1S/C27H28N4O5S/c1-16-5-10-24(36-4)23(13-16)29-27(32)21-14-22(18-6-8-20(35-3)9-7-18)28-26-25(21)17(2)30-31(26)19-11-12-37(33,34)15-19/h5-10,13-14,19H,11-12,15H2,1-4H3,(H,29,32). The molecule has 0 spiro atoms. The second-order valence-corrected chi connectivity index (χ2v) is 11.5. The molecule has 1 atom stereocenters. The summed E-state index contributed by atoms with van der Waals surface area (Å²) in [4.78, 5) is 18.6. The molecule has 1 fully saturated rings. The molecule has 1 N–H and O–H groups in total. The fourth-order valence-electron chi connectivity index (χ4n) is 4.73. The largest absolute Gasteiger partial charge is 0.497 e. The lowest BCUT2D eigenvalue weighted by atomic mass is 10.0. The molecule has 1 aliphatic heterocycles. The molecule has 2 aromatic carbocycles. The van der Waals surface area contributed by atoms with Crippen LogP contribution in [-0.4, -0.2) is 54.8 Å². The smallest absolute Gasteiger partial charge is 0.256 e. The van der Waals surface area contributed by atoms with Gasteiger partial charge in [0.2, 0.25) is 0 Å². The molecule has 4 aromatic rings. The Labute approximate surface area is 215 Å². The lowest BCUT2D eigenvalue weighted by Crippen LogP contribution is -2.15. The van der Waals surface area contributed by atoms with Crippen LogP contribution in [0.4, 0.5) is 5.69 Å². The molecule has 192 valence electrons. The number of hydrogen-bond donors (Lipinski definition) is 1. The Balaban J connectivity index is 1.67. The Hall–Kier alpha value is -3.92. The zero-order chi connectivity index (χ0) is 26.3. The third-order valence-electron chi connectivity index (χ3n) is 6.62. The predicted octanol–water partition coefficient (Wildman–Crippen LogP) is 4.34. The van der Waals surface area contributed by atoms with Crippen LogP contribution in [0, 0.1) is 13.8 Å². The van der Waals surface area contributed by atoms with Crippen LogP contribution in [0.15, 0.2) is 48.5 Å². The van der Waals surface area contributed by atoms with E-state index in [2.05, 4.69) is 10.4 Å². The van der Waals surface area contributed by atoms with Crippen molar-refractivity contribution in [2.75, 3.05) is 31.0 Å². The molecule has 1 saturated heterocycles. The molecule has 0 radical (unpaired) electrons. The molecular weight excluding hydrogens is 492 g/mol. The minimum Gasteiger partial charge on any atom is -0.497 e. The fourth-order valence-corrected chi connectivity index (χ4v) is 6.43. The van der Waals surface area contributed by atoms with Gasteiger partial charge in [0.25, 0.3) is 5.91 Å². The van der Waals surface area contributed by atoms with Crippen LogP contribution < -0.4 is 14.8 Å². The molecule has 37 heavy (non-hydrogen) atoms. The lowest BCUT2D eigenvalue weighted by Gasteiger charge is -2.14. The molecule has 2 aromatic heterocycles. The first kappa shape index (κ1) is 24.8. The number of ether oxygens (including phenoxy) is 2. The van der Waals surface area contributed by atoms with Gasteiger partial charge in [-0.3, -0.25) is 4.79 Å². The second kappa shape index (κ2) is 9.51. The highest BCUT2D eigenvalue weighted by Crippen LogP contribution is 2.33. The minimum absolute atomic E-state index is 0.000313. The molecule has 10 heteroatoms. The topological polar surface area (TPSA) is 112 Å². The maximum Gasteiger partial charge on any atom is 0.256 e. The zero-order valence-electron chi connectivity index (χ0n) is 21.1. The lowest BCUT2D eigenvalue weighted by molar-refractivity contribution is 0.102. The van der Waals surface area contributed by atoms with E-state index in [1.54, 1.807) is 38.0 Å². The third-order valence-corrected chi connectivity index (χ3v) is 8.38. The van der Waals surface area contributed by atoms with Gasteiger partial charge < -0.3 is 14.8 Å². The first-order valence-electron chi connectivity index (χ1n) is 11.9. The highest BCUT2D eigenvalue weighted by atomic mass is 32.2. The number of amides is 1. The van der Waals surface area contributed by atoms with Crippen LogP contribution in [-0.2, 0) is 9.84 Å². The number of benzene rings is 2. The van der Waals surface area contributed by atoms with E-state index in [0.717, 1.165) is 11.1 Å². The quantitative estimate of drug-likeness (QED) is 0.402. The van der Waals surface area contributed by atoms with Gasteiger partial charge in [-0.2, -0.15) is 5.10 Å². The molecule has 3 heterocycles. The van der Waals surface area contributed by atoms with Crippen LogP contribution in [0.5, 0.6) is 11.5 Å². The van der Waals surface area contributed by atoms with Crippen LogP contribution in [0.3, 0.4) is 0 Å². The molecule has 1 unspecified atom stereocenters. The number of pyridine rings is 1. The SMILES string of the molecule is COc1ccc(-c2cc(C(=O)Nc3cc(C)ccc3OC)c3c(C)nn(C4CCS(=O)(=O)C4)c3n2)cc1. The van der Waals surface area contributed by atoms with E-state index in [1.807, 2.05) is 43.3 Å². The molecule has 0 aliphatic carbocycles. The monoisotopic (exact) mass is 520 g/mol. The predicted molar refractivity (Wildman–Crippen MR) is 142 cm³/mol. The van der Waals surface area contributed by atoms with Crippen molar-refractivity contribution in [1.29, 1.82) is 0 Å². The maximum absolute atomic E-state index is 13.7. The number of carbonyl (C=O) groups excluding carboxylic acids is 1. The number of sulfone groups is 1. The van der Waals surface area contributed by atoms with Crippen molar-refractivity contribution in [3.63, 3.8) is 0 Å². The van der Waals surface area contributed by atoms with Crippen LogP contribution in [0.25, 0.3) is 22.3 Å². The van der Waals surface area contributed by atoms with Gasteiger partial charge >= 0.3 is 0 Å². The normalized spacial score (nSPS) is 16.6. The Bertz CT molecular complexity index is 1610. The fraction of sp³-hybridized carbons (Fsp3) is 0.296. The number of aryl methyl sites for hydroxylation is 2. The molecule has 1 amide bonds. The molecule has 0 bridgehead atoms. The number of nitrogens with zero attached hydrogens (tertiary/aromatic N) is 3. The van der Waals surface area contributed by atoms with Crippen molar-refractivity contribution in [3.05, 3.63) is 65.4 Å². The zero-order valence-corrected chi connectivity index (χ0v) is 21.9. The van der Waals surface area contributed by atoms with Crippen molar-refractivity contribution in [2.45, 2.75) is 26.3 Å². The van der Waals surface area contributed by atoms with Gasteiger partial charge in [0, 0.05) is 5.56 Å². The average molecular weight is 521 g/mol. The molecule has 0 saturated carbocycles. The summed E-state index contributed by atoms with van der Waals surface area (Å²) in [7, 11) is 0.0000943. The van der Waals surface area contributed by atoms with E-state index < -0.39 is 9.84 Å². The Morgan fingerprint density at radius 1 is 1.05 bits per heavy atom. The van der Waals surface area contributed by atoms with Crippen molar-refractivity contribution in [3.8, 4) is 22.8 Å². The summed E-state index contributed by atoms with van der Waals surface area (Å²) in [6, 6.07) is 14.3. The van der Waals surface area contributed by atoms with Gasteiger partial charge in [0.05, 0.1) is 59.8 Å². The van der Waals surface area contributed by atoms with Gasteiger partial charge in [-0.15, -0.1) is 0 Å². The van der Waals surface area contributed by atoms with E-state index in [1.165, 1.54) is 0 Å². The molecule has 5 rings (SSSR count). The van der Waals surface area contributed by atoms with Crippen molar-refractivity contribution < 1.29 is 22.7 Å². The Morgan fingerprint density at radius 3 is 2.46 bits per heavy atom. The summed E-state index contributed by atoms with van der Waals surface area (Å²) in [5, 5.41) is 8.23. The first-order valence-corrected chi connectivity index (χ1v) is 13.7. The number of fused-ring (bicyclic) bond motifs is 1. The first-order chi connectivity index (χ1) is 17.7. The van der Waals surface area contributed by atoms with Gasteiger partial charge in [-0.1, -0.05) is 6.07 Å². The maximum atomic E-state index is 13.7. The van der Waals surface area contributed by atoms with Crippen molar-refractivity contribution >= 4 is 32.5 Å². The van der Waals surface area contributed by atoms with E-state index in [4.69, 9.17) is 14.5 Å². The molecular formula is C27H28N4O5S.